The number of piperazine rings is 1. The lowest BCUT2D eigenvalue weighted by atomic mass is 9.96. The second-order valence-corrected chi connectivity index (χ2v) is 6.13. The third-order valence-electron chi connectivity index (χ3n) is 4.17. The Morgan fingerprint density at radius 2 is 2.33 bits per heavy atom. The molecule has 0 aromatic carbocycles. The number of halogens is 1. The molecule has 1 N–H and O–H groups in total. The third kappa shape index (κ3) is 2.53. The van der Waals surface area contributed by atoms with Crippen LogP contribution in [0, 0.1) is 0 Å². The molecular formula is C14H20ClN3. The maximum Gasteiger partial charge on any atom is 0.129 e. The van der Waals surface area contributed by atoms with E-state index in [4.69, 9.17) is 11.6 Å². The van der Waals surface area contributed by atoms with Crippen LogP contribution in [-0.2, 0) is 5.41 Å². The van der Waals surface area contributed by atoms with Gasteiger partial charge in [0.05, 0.1) is 0 Å². The smallest absolute Gasteiger partial charge is 0.129 e. The summed E-state index contributed by atoms with van der Waals surface area (Å²) in [5.41, 5.74) is 1.72. The maximum absolute atomic E-state index is 5.86. The Morgan fingerprint density at radius 1 is 1.50 bits per heavy atom. The predicted molar refractivity (Wildman–Crippen MR) is 74.1 cm³/mol. The Balaban J connectivity index is 1.69. The molecule has 1 aliphatic carbocycles. The molecule has 0 unspecified atom stereocenters. The molecule has 0 radical (unpaired) electrons. The average molecular weight is 266 g/mol. The largest absolute Gasteiger partial charge is 0.312 e. The summed E-state index contributed by atoms with van der Waals surface area (Å²) < 4.78 is 0. The first-order valence-electron chi connectivity index (χ1n) is 6.76. The van der Waals surface area contributed by atoms with Crippen molar-refractivity contribution in [1.29, 1.82) is 0 Å². The number of hydrogen-bond donors (Lipinski definition) is 1. The molecule has 1 saturated carbocycles. The van der Waals surface area contributed by atoms with E-state index in [0.29, 0.717) is 16.6 Å². The van der Waals surface area contributed by atoms with Crippen molar-refractivity contribution in [1.82, 2.24) is 15.2 Å². The molecule has 0 spiro atoms. The summed E-state index contributed by atoms with van der Waals surface area (Å²) >= 11 is 5.86. The molecule has 3 rings (SSSR count). The minimum atomic E-state index is 0.356. The predicted octanol–water partition coefficient (Wildman–Crippen LogP) is 2.06. The van der Waals surface area contributed by atoms with Gasteiger partial charge in [-0.3, -0.25) is 4.90 Å². The van der Waals surface area contributed by atoms with Gasteiger partial charge in [-0.25, -0.2) is 4.98 Å². The van der Waals surface area contributed by atoms with Crippen LogP contribution in [0.1, 0.15) is 25.3 Å². The van der Waals surface area contributed by atoms with Crippen LogP contribution in [-0.4, -0.2) is 42.1 Å². The van der Waals surface area contributed by atoms with Crippen LogP contribution >= 0.6 is 11.6 Å². The van der Waals surface area contributed by atoms with Crippen molar-refractivity contribution in [2.75, 3.05) is 26.2 Å². The number of nitrogens with one attached hydrogen (secondary N) is 1. The van der Waals surface area contributed by atoms with Crippen LogP contribution in [0.3, 0.4) is 0 Å². The number of aromatic nitrogens is 1. The van der Waals surface area contributed by atoms with Gasteiger partial charge in [-0.15, -0.1) is 0 Å². The number of rotatable bonds is 3. The lowest BCUT2D eigenvalue weighted by Gasteiger charge is -2.34. The zero-order chi connectivity index (χ0) is 12.6. The summed E-state index contributed by atoms with van der Waals surface area (Å²) in [5, 5.41) is 4.08. The minimum absolute atomic E-state index is 0.356. The molecule has 0 amide bonds. The van der Waals surface area contributed by atoms with Crippen molar-refractivity contribution >= 4 is 11.6 Å². The van der Waals surface area contributed by atoms with Gasteiger partial charge in [0.1, 0.15) is 5.15 Å². The first-order chi connectivity index (χ1) is 8.68. The monoisotopic (exact) mass is 265 g/mol. The highest BCUT2D eigenvalue weighted by atomic mass is 35.5. The fourth-order valence-electron chi connectivity index (χ4n) is 2.96. The van der Waals surface area contributed by atoms with Gasteiger partial charge >= 0.3 is 0 Å². The quantitative estimate of drug-likeness (QED) is 0.848. The van der Waals surface area contributed by atoms with Crippen molar-refractivity contribution in [3.05, 3.63) is 29.0 Å². The van der Waals surface area contributed by atoms with Gasteiger partial charge in [-0.1, -0.05) is 17.7 Å². The molecule has 3 nitrogen and oxygen atoms in total. The molecule has 2 heterocycles. The number of pyridine rings is 1. The van der Waals surface area contributed by atoms with E-state index in [9.17, 15) is 0 Å². The van der Waals surface area contributed by atoms with E-state index in [0.717, 1.165) is 19.6 Å². The highest BCUT2D eigenvalue weighted by molar-refractivity contribution is 6.29. The molecule has 1 aromatic rings. The summed E-state index contributed by atoms with van der Waals surface area (Å²) in [6, 6.07) is 4.67. The highest BCUT2D eigenvalue weighted by Crippen LogP contribution is 2.48. The maximum atomic E-state index is 5.86. The highest BCUT2D eigenvalue weighted by Gasteiger charge is 2.45. The molecule has 2 fully saturated rings. The summed E-state index contributed by atoms with van der Waals surface area (Å²) in [7, 11) is 0. The van der Waals surface area contributed by atoms with Crippen molar-refractivity contribution in [3.63, 3.8) is 0 Å². The van der Waals surface area contributed by atoms with Crippen LogP contribution in [0.15, 0.2) is 18.3 Å². The minimum Gasteiger partial charge on any atom is -0.312 e. The number of hydrogen-bond acceptors (Lipinski definition) is 3. The van der Waals surface area contributed by atoms with E-state index in [2.05, 4.69) is 28.2 Å². The van der Waals surface area contributed by atoms with E-state index >= 15 is 0 Å². The lowest BCUT2D eigenvalue weighted by Crippen LogP contribution is -2.51. The lowest BCUT2D eigenvalue weighted by molar-refractivity contribution is 0.190. The first-order valence-corrected chi connectivity index (χ1v) is 7.14. The van der Waals surface area contributed by atoms with Crippen LogP contribution in [0.25, 0.3) is 0 Å². The fourth-order valence-corrected chi connectivity index (χ4v) is 3.07. The number of nitrogens with zero attached hydrogens (tertiary/aromatic N) is 2. The second-order valence-electron chi connectivity index (χ2n) is 5.74. The van der Waals surface area contributed by atoms with E-state index in [-0.39, 0.29) is 0 Å². The standard InChI is InChI=1S/C14H20ClN3/c1-11-9-18(7-6-16-11)10-14(4-5-14)12-2-3-13(15)17-8-12/h2-3,8,11,16H,4-7,9-10H2,1H3/t11-/m1/s1. The van der Waals surface area contributed by atoms with Crippen molar-refractivity contribution < 1.29 is 0 Å². The van der Waals surface area contributed by atoms with Gasteiger partial charge in [-0.2, -0.15) is 0 Å². The molecule has 2 aliphatic rings. The molecule has 1 atom stereocenters. The second kappa shape index (κ2) is 4.80. The van der Waals surface area contributed by atoms with Gasteiger partial charge in [0.2, 0.25) is 0 Å². The summed E-state index contributed by atoms with van der Waals surface area (Å²) in [6.07, 6.45) is 4.53. The molecule has 98 valence electrons. The van der Waals surface area contributed by atoms with Crippen LogP contribution in [0.5, 0.6) is 0 Å². The molecule has 1 aliphatic heterocycles. The van der Waals surface area contributed by atoms with Gasteiger partial charge in [-0.05, 0) is 31.4 Å². The van der Waals surface area contributed by atoms with Crippen molar-refractivity contribution in [2.24, 2.45) is 0 Å². The Labute approximate surface area is 114 Å². The molecule has 0 bridgehead atoms. The topological polar surface area (TPSA) is 28.2 Å². The zero-order valence-corrected chi connectivity index (χ0v) is 11.6. The molecular weight excluding hydrogens is 246 g/mol. The van der Waals surface area contributed by atoms with E-state index < -0.39 is 0 Å². The van der Waals surface area contributed by atoms with Crippen molar-refractivity contribution in [2.45, 2.75) is 31.2 Å². The SMILES string of the molecule is C[C@@H]1CN(CC2(c3ccc(Cl)nc3)CC2)CCN1. The van der Waals surface area contributed by atoms with E-state index in [1.165, 1.54) is 24.9 Å². The first kappa shape index (κ1) is 12.4. The summed E-state index contributed by atoms with van der Waals surface area (Å²) in [4.78, 5) is 6.81. The third-order valence-corrected chi connectivity index (χ3v) is 4.40. The molecule has 1 saturated heterocycles. The van der Waals surface area contributed by atoms with Gasteiger partial charge < -0.3 is 5.32 Å². The zero-order valence-electron chi connectivity index (χ0n) is 10.8. The van der Waals surface area contributed by atoms with E-state index in [1.807, 2.05) is 12.3 Å². The van der Waals surface area contributed by atoms with Gasteiger partial charge in [0, 0.05) is 43.8 Å². The molecule has 18 heavy (non-hydrogen) atoms. The Kier molecular flexibility index (Phi) is 3.31. The molecule has 4 heteroatoms. The van der Waals surface area contributed by atoms with Crippen LogP contribution < -0.4 is 5.32 Å². The van der Waals surface area contributed by atoms with Crippen LogP contribution in [0.4, 0.5) is 0 Å². The Morgan fingerprint density at radius 3 is 2.94 bits per heavy atom. The summed E-state index contributed by atoms with van der Waals surface area (Å²) in [6.45, 7) is 6.85. The van der Waals surface area contributed by atoms with Crippen LogP contribution in [0.2, 0.25) is 5.15 Å². The Bertz CT molecular complexity index is 414. The van der Waals surface area contributed by atoms with Gasteiger partial charge in [0.15, 0.2) is 0 Å². The van der Waals surface area contributed by atoms with Crippen molar-refractivity contribution in [3.8, 4) is 0 Å². The summed E-state index contributed by atoms with van der Waals surface area (Å²) in [5.74, 6) is 0. The Hall–Kier alpha value is -0.640. The molecule has 1 aromatic heterocycles. The average Bonchev–Trinajstić information content (AvgIpc) is 3.11. The van der Waals surface area contributed by atoms with E-state index in [1.54, 1.807) is 0 Å². The fraction of sp³-hybridized carbons (Fsp3) is 0.643. The normalized spacial score (nSPS) is 27.1. The van der Waals surface area contributed by atoms with Gasteiger partial charge in [0.25, 0.3) is 0 Å².